The molecule has 2 rings (SSSR count). The summed E-state index contributed by atoms with van der Waals surface area (Å²) in [5, 5.41) is 6.35. The lowest BCUT2D eigenvalue weighted by Gasteiger charge is -2.22. The number of rotatable bonds is 4. The summed E-state index contributed by atoms with van der Waals surface area (Å²) >= 11 is 1.91. The van der Waals surface area contributed by atoms with Crippen LogP contribution in [0.1, 0.15) is 18.9 Å². The Bertz CT molecular complexity index is 408. The molecule has 1 heterocycles. The van der Waals surface area contributed by atoms with Crippen molar-refractivity contribution < 1.29 is 4.79 Å². The topological polar surface area (TPSA) is 41.1 Å². The van der Waals surface area contributed by atoms with Crippen LogP contribution >= 0.6 is 24.2 Å². The summed E-state index contributed by atoms with van der Waals surface area (Å²) in [5.74, 6) is 2.28. The highest BCUT2D eigenvalue weighted by Gasteiger charge is 2.16. The number of hydrogen-bond acceptors (Lipinski definition) is 3. The Morgan fingerprint density at radius 2 is 2.37 bits per heavy atom. The Hall–Kier alpha value is -0.710. The van der Waals surface area contributed by atoms with Gasteiger partial charge in [0.25, 0.3) is 0 Å². The summed E-state index contributed by atoms with van der Waals surface area (Å²) in [4.78, 5) is 11.9. The monoisotopic (exact) mass is 300 g/mol. The summed E-state index contributed by atoms with van der Waals surface area (Å²) < 4.78 is 0. The number of thioether (sulfide) groups is 1. The lowest BCUT2D eigenvalue weighted by Crippen LogP contribution is -2.39. The zero-order valence-corrected chi connectivity index (χ0v) is 12.8. The number of hydrogen-bond donors (Lipinski definition) is 2. The maximum atomic E-state index is 11.9. The minimum atomic E-state index is 0. The second-order valence-corrected chi connectivity index (χ2v) is 5.68. The van der Waals surface area contributed by atoms with Crippen molar-refractivity contribution in [3.63, 3.8) is 0 Å². The third-order valence-corrected chi connectivity index (χ3v) is 4.18. The van der Waals surface area contributed by atoms with Crippen molar-refractivity contribution in [3.8, 4) is 0 Å². The van der Waals surface area contributed by atoms with Crippen LogP contribution in [0.4, 0.5) is 5.69 Å². The summed E-state index contributed by atoms with van der Waals surface area (Å²) in [5.41, 5.74) is 2.15. The predicted molar refractivity (Wildman–Crippen MR) is 85.4 cm³/mol. The van der Waals surface area contributed by atoms with Crippen molar-refractivity contribution in [1.29, 1.82) is 0 Å². The van der Waals surface area contributed by atoms with Gasteiger partial charge in [0.05, 0.1) is 0 Å². The van der Waals surface area contributed by atoms with Crippen LogP contribution in [0.5, 0.6) is 0 Å². The molecule has 1 fully saturated rings. The molecule has 0 saturated carbocycles. The molecule has 106 valence electrons. The maximum absolute atomic E-state index is 11.9. The summed E-state index contributed by atoms with van der Waals surface area (Å²) in [6.45, 7) is 3.12. The van der Waals surface area contributed by atoms with E-state index in [9.17, 15) is 4.79 Å². The van der Waals surface area contributed by atoms with Crippen molar-refractivity contribution in [3.05, 3.63) is 29.8 Å². The van der Waals surface area contributed by atoms with Crippen LogP contribution in [0.3, 0.4) is 0 Å². The Labute approximate surface area is 125 Å². The van der Waals surface area contributed by atoms with Crippen LogP contribution in [0.15, 0.2) is 24.3 Å². The molecule has 3 nitrogen and oxygen atoms in total. The minimum Gasteiger partial charge on any atom is -0.326 e. The summed E-state index contributed by atoms with van der Waals surface area (Å²) in [7, 11) is 0. The second-order valence-electron chi connectivity index (χ2n) is 4.53. The molecule has 0 aromatic heterocycles. The normalized spacial score (nSPS) is 18.5. The van der Waals surface area contributed by atoms with Crippen LogP contribution in [-0.4, -0.2) is 30.0 Å². The molecular weight excluding hydrogens is 280 g/mol. The fraction of sp³-hybridized carbons (Fsp3) is 0.500. The maximum Gasteiger partial charge on any atom is 0.225 e. The Morgan fingerprint density at radius 3 is 3.05 bits per heavy atom. The number of nitrogens with one attached hydrogen (secondary N) is 2. The number of anilines is 1. The van der Waals surface area contributed by atoms with E-state index in [-0.39, 0.29) is 18.3 Å². The first kappa shape index (κ1) is 16.3. The van der Waals surface area contributed by atoms with Gasteiger partial charge in [-0.25, -0.2) is 0 Å². The number of aryl methyl sites for hydroxylation is 1. The van der Waals surface area contributed by atoms with Gasteiger partial charge < -0.3 is 10.6 Å². The van der Waals surface area contributed by atoms with Crippen LogP contribution in [-0.2, 0) is 11.2 Å². The van der Waals surface area contributed by atoms with Gasteiger partial charge in [0.1, 0.15) is 0 Å². The van der Waals surface area contributed by atoms with Crippen molar-refractivity contribution in [2.75, 3.05) is 23.4 Å². The molecule has 1 aliphatic rings. The van der Waals surface area contributed by atoms with E-state index >= 15 is 0 Å². The predicted octanol–water partition coefficient (Wildman–Crippen LogP) is 2.70. The average molecular weight is 301 g/mol. The molecule has 0 spiro atoms. The highest BCUT2D eigenvalue weighted by molar-refractivity contribution is 7.99. The number of halogens is 1. The van der Waals surface area contributed by atoms with Crippen LogP contribution in [0.25, 0.3) is 0 Å². The van der Waals surface area contributed by atoms with Gasteiger partial charge in [-0.3, -0.25) is 4.79 Å². The molecule has 19 heavy (non-hydrogen) atoms. The molecule has 1 aromatic carbocycles. The van der Waals surface area contributed by atoms with Crippen LogP contribution < -0.4 is 10.6 Å². The fourth-order valence-corrected chi connectivity index (χ4v) is 3.00. The number of amides is 1. The molecule has 2 N–H and O–H groups in total. The lowest BCUT2D eigenvalue weighted by atomic mass is 10.1. The van der Waals surface area contributed by atoms with Gasteiger partial charge in [-0.1, -0.05) is 19.1 Å². The molecule has 1 aromatic rings. The third-order valence-electron chi connectivity index (χ3n) is 3.05. The Kier molecular flexibility index (Phi) is 7.28. The first-order valence-corrected chi connectivity index (χ1v) is 7.63. The second kappa shape index (κ2) is 8.46. The van der Waals surface area contributed by atoms with Gasteiger partial charge >= 0.3 is 0 Å². The molecule has 1 atom stereocenters. The molecule has 1 unspecified atom stereocenters. The smallest absolute Gasteiger partial charge is 0.225 e. The van der Waals surface area contributed by atoms with Gasteiger partial charge in [-0.05, 0) is 24.1 Å². The van der Waals surface area contributed by atoms with Crippen molar-refractivity contribution >= 4 is 35.8 Å². The van der Waals surface area contributed by atoms with E-state index < -0.39 is 0 Å². The average Bonchev–Trinajstić information content (AvgIpc) is 2.40. The minimum absolute atomic E-state index is 0. The van der Waals surface area contributed by atoms with E-state index in [1.165, 1.54) is 5.56 Å². The first-order valence-electron chi connectivity index (χ1n) is 6.48. The molecule has 0 aliphatic carbocycles. The molecule has 5 heteroatoms. The third kappa shape index (κ3) is 5.43. The van der Waals surface area contributed by atoms with Gasteiger partial charge in [-0.2, -0.15) is 11.8 Å². The summed E-state index contributed by atoms with van der Waals surface area (Å²) in [6.07, 6.45) is 1.55. The van der Waals surface area contributed by atoms with Crippen molar-refractivity contribution in [2.45, 2.75) is 25.8 Å². The molecule has 1 amide bonds. The zero-order valence-electron chi connectivity index (χ0n) is 11.1. The fourth-order valence-electron chi connectivity index (χ4n) is 2.06. The highest BCUT2D eigenvalue weighted by Crippen LogP contribution is 2.14. The van der Waals surface area contributed by atoms with Crippen molar-refractivity contribution in [1.82, 2.24) is 5.32 Å². The van der Waals surface area contributed by atoms with E-state index in [0.717, 1.165) is 30.2 Å². The standard InChI is InChI=1S/C14H20N2OS.ClH/c1-2-11-4-3-5-12(8-11)16-14(17)9-13-10-18-7-6-15-13;/h3-5,8,13,15H,2,6-7,9-10H2,1H3,(H,16,17);1H. The quantitative estimate of drug-likeness (QED) is 0.898. The molecule has 0 radical (unpaired) electrons. The number of benzene rings is 1. The van der Waals surface area contributed by atoms with Gasteiger partial charge in [0, 0.05) is 36.2 Å². The van der Waals surface area contributed by atoms with Gasteiger partial charge in [0.2, 0.25) is 5.91 Å². The van der Waals surface area contributed by atoms with E-state index in [1.807, 2.05) is 30.0 Å². The Morgan fingerprint density at radius 1 is 1.53 bits per heavy atom. The van der Waals surface area contributed by atoms with Crippen LogP contribution in [0, 0.1) is 0 Å². The van der Waals surface area contributed by atoms with Gasteiger partial charge in [0.15, 0.2) is 0 Å². The molecule has 0 bridgehead atoms. The number of carbonyl (C=O) groups excluding carboxylic acids is 1. The van der Waals surface area contributed by atoms with E-state index in [1.54, 1.807) is 0 Å². The van der Waals surface area contributed by atoms with Crippen LogP contribution in [0.2, 0.25) is 0 Å². The molecule has 1 aliphatic heterocycles. The zero-order chi connectivity index (χ0) is 12.8. The molecular formula is C14H21ClN2OS. The first-order chi connectivity index (χ1) is 8.78. The Balaban J connectivity index is 0.00000180. The SMILES string of the molecule is CCc1cccc(NC(=O)CC2CSCCN2)c1.Cl. The summed E-state index contributed by atoms with van der Waals surface area (Å²) in [6, 6.07) is 8.37. The largest absolute Gasteiger partial charge is 0.326 e. The van der Waals surface area contributed by atoms with E-state index in [0.29, 0.717) is 12.5 Å². The van der Waals surface area contributed by atoms with E-state index in [2.05, 4.69) is 23.6 Å². The van der Waals surface area contributed by atoms with Gasteiger partial charge in [-0.15, -0.1) is 12.4 Å². The molecule has 1 saturated heterocycles. The number of carbonyl (C=O) groups is 1. The lowest BCUT2D eigenvalue weighted by molar-refractivity contribution is -0.116. The highest BCUT2D eigenvalue weighted by atomic mass is 35.5. The van der Waals surface area contributed by atoms with Crippen molar-refractivity contribution in [2.24, 2.45) is 0 Å². The van der Waals surface area contributed by atoms with E-state index in [4.69, 9.17) is 0 Å².